The molecule has 0 bridgehead atoms. The van der Waals surface area contributed by atoms with Crippen LogP contribution in [0, 0.1) is 6.92 Å². The van der Waals surface area contributed by atoms with Gasteiger partial charge in [0.1, 0.15) is 5.69 Å². The van der Waals surface area contributed by atoms with Crippen molar-refractivity contribution < 1.29 is 4.79 Å². The second kappa shape index (κ2) is 6.00. The van der Waals surface area contributed by atoms with Crippen LogP contribution in [0.1, 0.15) is 48.8 Å². The van der Waals surface area contributed by atoms with Crippen molar-refractivity contribution in [3.63, 3.8) is 0 Å². The molecule has 4 nitrogen and oxygen atoms in total. The van der Waals surface area contributed by atoms with Crippen LogP contribution in [0.2, 0.25) is 0 Å². The van der Waals surface area contributed by atoms with Gasteiger partial charge in [-0.1, -0.05) is 26.2 Å². The predicted octanol–water partition coefficient (Wildman–Crippen LogP) is 3.01. The number of hydrogen-bond donors (Lipinski definition) is 1. The summed E-state index contributed by atoms with van der Waals surface area (Å²) in [6.07, 6.45) is 6.47. The fourth-order valence-electron chi connectivity index (χ4n) is 1.85. The van der Waals surface area contributed by atoms with Crippen LogP contribution in [0.5, 0.6) is 0 Å². The van der Waals surface area contributed by atoms with E-state index in [0.29, 0.717) is 5.69 Å². The highest BCUT2D eigenvalue weighted by Gasteiger charge is 2.11. The Labute approximate surface area is 111 Å². The number of fused-ring (bicyclic) bond motifs is 1. The van der Waals surface area contributed by atoms with Crippen molar-refractivity contribution in [1.29, 1.82) is 0 Å². The third-order valence-electron chi connectivity index (χ3n) is 2.94. The van der Waals surface area contributed by atoms with Crippen LogP contribution in [0.3, 0.4) is 0 Å². The maximum absolute atomic E-state index is 11.9. The molecule has 0 atom stereocenters. The molecule has 0 saturated carbocycles. The number of hydrogen-bond acceptors (Lipinski definition) is 3. The maximum Gasteiger partial charge on any atom is 0.271 e. The summed E-state index contributed by atoms with van der Waals surface area (Å²) in [6, 6.07) is 0. The number of thiazole rings is 1. The number of imidazole rings is 1. The van der Waals surface area contributed by atoms with Gasteiger partial charge in [0, 0.05) is 23.8 Å². The molecular weight excluding hydrogens is 246 g/mol. The third-order valence-corrected chi connectivity index (χ3v) is 3.89. The molecule has 2 aromatic rings. The van der Waals surface area contributed by atoms with E-state index in [-0.39, 0.29) is 5.91 Å². The molecule has 0 saturated heterocycles. The highest BCUT2D eigenvalue weighted by atomic mass is 32.1. The zero-order valence-electron chi connectivity index (χ0n) is 10.9. The van der Waals surface area contributed by atoms with Gasteiger partial charge in [-0.15, -0.1) is 11.3 Å². The average Bonchev–Trinajstić information content (AvgIpc) is 2.92. The van der Waals surface area contributed by atoms with Gasteiger partial charge in [-0.3, -0.25) is 9.20 Å². The first-order chi connectivity index (χ1) is 8.72. The Balaban J connectivity index is 1.88. The highest BCUT2D eigenvalue weighted by Crippen LogP contribution is 2.15. The van der Waals surface area contributed by atoms with Crippen LogP contribution in [-0.2, 0) is 0 Å². The zero-order chi connectivity index (χ0) is 13.0. The first kappa shape index (κ1) is 13.1. The van der Waals surface area contributed by atoms with E-state index in [0.717, 1.165) is 23.6 Å². The van der Waals surface area contributed by atoms with Gasteiger partial charge in [0.2, 0.25) is 0 Å². The van der Waals surface area contributed by atoms with E-state index in [1.54, 1.807) is 11.3 Å². The minimum Gasteiger partial charge on any atom is -0.351 e. The number of carbonyl (C=O) groups excluding carboxylic acids is 1. The van der Waals surface area contributed by atoms with Crippen LogP contribution < -0.4 is 5.32 Å². The Morgan fingerprint density at radius 1 is 1.44 bits per heavy atom. The standard InChI is InChI=1S/C13H19N3OS/c1-3-4-5-6-7-14-12(17)11-8-16-10(2)9-18-13(16)15-11/h8-9H,3-7H2,1-2H3,(H,14,17). The number of nitrogens with one attached hydrogen (secondary N) is 1. The molecule has 18 heavy (non-hydrogen) atoms. The van der Waals surface area contributed by atoms with Crippen molar-refractivity contribution in [2.45, 2.75) is 39.5 Å². The smallest absolute Gasteiger partial charge is 0.271 e. The lowest BCUT2D eigenvalue weighted by Crippen LogP contribution is -2.24. The fourth-order valence-corrected chi connectivity index (χ4v) is 2.70. The van der Waals surface area contributed by atoms with Gasteiger partial charge < -0.3 is 5.32 Å². The van der Waals surface area contributed by atoms with E-state index in [1.807, 2.05) is 22.9 Å². The summed E-state index contributed by atoms with van der Waals surface area (Å²) in [4.78, 5) is 17.1. The molecule has 2 aromatic heterocycles. The number of aryl methyl sites for hydroxylation is 1. The Morgan fingerprint density at radius 2 is 2.28 bits per heavy atom. The lowest BCUT2D eigenvalue weighted by molar-refractivity contribution is 0.0948. The summed E-state index contributed by atoms with van der Waals surface area (Å²) in [6.45, 7) is 4.93. The molecule has 0 spiro atoms. The van der Waals surface area contributed by atoms with Crippen LogP contribution in [0.15, 0.2) is 11.6 Å². The van der Waals surface area contributed by atoms with Crippen LogP contribution in [0.25, 0.3) is 4.96 Å². The average molecular weight is 265 g/mol. The first-order valence-corrected chi connectivity index (χ1v) is 7.31. The van der Waals surface area contributed by atoms with Crippen LogP contribution >= 0.6 is 11.3 Å². The number of rotatable bonds is 6. The van der Waals surface area contributed by atoms with Gasteiger partial charge in [0.25, 0.3) is 5.91 Å². The van der Waals surface area contributed by atoms with E-state index in [1.165, 1.54) is 19.3 Å². The summed E-state index contributed by atoms with van der Waals surface area (Å²) in [7, 11) is 0. The lowest BCUT2D eigenvalue weighted by Gasteiger charge is -2.02. The van der Waals surface area contributed by atoms with Crippen molar-refractivity contribution in [3.05, 3.63) is 23.0 Å². The largest absolute Gasteiger partial charge is 0.351 e. The molecule has 1 N–H and O–H groups in total. The Kier molecular flexibility index (Phi) is 4.36. The second-order valence-electron chi connectivity index (χ2n) is 4.47. The lowest BCUT2D eigenvalue weighted by atomic mass is 10.2. The van der Waals surface area contributed by atoms with E-state index >= 15 is 0 Å². The summed E-state index contributed by atoms with van der Waals surface area (Å²) in [5.74, 6) is -0.0678. The van der Waals surface area contributed by atoms with Crippen LogP contribution in [0.4, 0.5) is 0 Å². The zero-order valence-corrected chi connectivity index (χ0v) is 11.7. The van der Waals surface area contributed by atoms with E-state index in [2.05, 4.69) is 17.2 Å². The van der Waals surface area contributed by atoms with Gasteiger partial charge in [0.05, 0.1) is 0 Å². The molecule has 98 valence electrons. The van der Waals surface area contributed by atoms with Gasteiger partial charge >= 0.3 is 0 Å². The van der Waals surface area contributed by atoms with Crippen molar-refractivity contribution in [2.75, 3.05) is 6.54 Å². The number of amides is 1. The summed E-state index contributed by atoms with van der Waals surface area (Å²) >= 11 is 1.56. The molecule has 0 unspecified atom stereocenters. The number of carbonyl (C=O) groups is 1. The number of nitrogens with zero attached hydrogens (tertiary/aromatic N) is 2. The predicted molar refractivity (Wildman–Crippen MR) is 74.3 cm³/mol. The molecule has 2 rings (SSSR count). The number of aromatic nitrogens is 2. The van der Waals surface area contributed by atoms with Crippen molar-refractivity contribution in [1.82, 2.24) is 14.7 Å². The minimum absolute atomic E-state index is 0.0678. The fraction of sp³-hybridized carbons (Fsp3) is 0.538. The molecule has 1 amide bonds. The SMILES string of the molecule is CCCCCCNC(=O)c1cn2c(C)csc2n1. The Bertz CT molecular complexity index is 529. The molecule has 5 heteroatoms. The first-order valence-electron chi connectivity index (χ1n) is 6.43. The molecule has 0 aliphatic rings. The third kappa shape index (κ3) is 2.90. The van der Waals surface area contributed by atoms with E-state index in [9.17, 15) is 4.79 Å². The second-order valence-corrected chi connectivity index (χ2v) is 5.31. The molecule has 0 aliphatic carbocycles. The summed E-state index contributed by atoms with van der Waals surface area (Å²) in [5.41, 5.74) is 1.63. The molecule has 0 fully saturated rings. The summed E-state index contributed by atoms with van der Waals surface area (Å²) in [5, 5.41) is 4.95. The molecule has 0 aliphatic heterocycles. The quantitative estimate of drug-likeness (QED) is 0.816. The molecule has 0 radical (unpaired) electrons. The van der Waals surface area contributed by atoms with Gasteiger partial charge in [-0.25, -0.2) is 4.98 Å². The van der Waals surface area contributed by atoms with Gasteiger partial charge in [-0.05, 0) is 13.3 Å². The Morgan fingerprint density at radius 3 is 3.00 bits per heavy atom. The van der Waals surface area contributed by atoms with Crippen molar-refractivity contribution >= 4 is 22.2 Å². The van der Waals surface area contributed by atoms with Gasteiger partial charge in [0.15, 0.2) is 4.96 Å². The number of unbranched alkanes of at least 4 members (excludes halogenated alkanes) is 3. The van der Waals surface area contributed by atoms with Crippen LogP contribution in [-0.4, -0.2) is 21.8 Å². The highest BCUT2D eigenvalue weighted by molar-refractivity contribution is 7.15. The summed E-state index contributed by atoms with van der Waals surface area (Å²) < 4.78 is 1.96. The minimum atomic E-state index is -0.0678. The topological polar surface area (TPSA) is 46.4 Å². The van der Waals surface area contributed by atoms with E-state index < -0.39 is 0 Å². The van der Waals surface area contributed by atoms with Gasteiger partial charge in [-0.2, -0.15) is 0 Å². The molecular formula is C13H19N3OS. The van der Waals surface area contributed by atoms with E-state index in [4.69, 9.17) is 0 Å². The van der Waals surface area contributed by atoms with Crippen molar-refractivity contribution in [2.24, 2.45) is 0 Å². The molecule has 0 aromatic carbocycles. The Hall–Kier alpha value is -1.36. The molecule has 2 heterocycles. The normalized spacial score (nSPS) is 11.0. The maximum atomic E-state index is 11.9. The monoisotopic (exact) mass is 265 g/mol. The van der Waals surface area contributed by atoms with Crippen molar-refractivity contribution in [3.8, 4) is 0 Å².